The van der Waals surface area contributed by atoms with Gasteiger partial charge in [0.15, 0.2) is 0 Å². The molecule has 1 atom stereocenters. The van der Waals surface area contributed by atoms with Crippen LogP contribution < -0.4 is 4.74 Å². The Morgan fingerprint density at radius 1 is 1.14 bits per heavy atom. The Hall–Kier alpha value is -2.85. The lowest BCUT2D eigenvalue weighted by Gasteiger charge is -2.37. The highest BCUT2D eigenvalue weighted by molar-refractivity contribution is 6.30. The van der Waals surface area contributed by atoms with E-state index in [2.05, 4.69) is 23.2 Å². The fraction of sp³-hybridized carbons (Fsp3) is 0.217. The summed E-state index contributed by atoms with van der Waals surface area (Å²) in [6.45, 7) is 0.554. The van der Waals surface area contributed by atoms with E-state index in [0.717, 1.165) is 29.0 Å². The molecule has 2 heterocycles. The second kappa shape index (κ2) is 8.03. The van der Waals surface area contributed by atoms with E-state index in [1.54, 1.807) is 25.4 Å². The van der Waals surface area contributed by atoms with E-state index in [1.165, 1.54) is 5.56 Å². The number of carbonyl (C=O) groups excluding carboxylic acids is 1. The molecule has 0 N–H and O–H groups in total. The monoisotopic (exact) mass is 392 g/mol. The maximum absolute atomic E-state index is 13.2. The highest BCUT2D eigenvalue weighted by atomic mass is 35.5. The van der Waals surface area contributed by atoms with Crippen LogP contribution in [0.1, 0.15) is 28.4 Å². The molecule has 0 saturated carbocycles. The van der Waals surface area contributed by atoms with Gasteiger partial charge in [-0.15, -0.1) is 0 Å². The lowest BCUT2D eigenvalue weighted by molar-refractivity contribution is -0.134. The number of carbonyl (C=O) groups is 1. The van der Waals surface area contributed by atoms with Crippen LogP contribution in [0, 0.1) is 0 Å². The van der Waals surface area contributed by atoms with Crippen LogP contribution in [-0.4, -0.2) is 22.9 Å². The van der Waals surface area contributed by atoms with Gasteiger partial charge >= 0.3 is 0 Å². The Labute approximate surface area is 169 Å². The van der Waals surface area contributed by atoms with Crippen LogP contribution in [0.15, 0.2) is 66.9 Å². The third-order valence-corrected chi connectivity index (χ3v) is 5.39. The van der Waals surface area contributed by atoms with E-state index in [4.69, 9.17) is 16.3 Å². The zero-order valence-electron chi connectivity index (χ0n) is 15.6. The van der Waals surface area contributed by atoms with E-state index in [-0.39, 0.29) is 18.4 Å². The molecule has 4 rings (SSSR count). The number of hydrogen-bond acceptors (Lipinski definition) is 3. The molecule has 5 heteroatoms. The average molecular weight is 393 g/mol. The van der Waals surface area contributed by atoms with Crippen LogP contribution in [0.3, 0.4) is 0 Å². The molecule has 28 heavy (non-hydrogen) atoms. The molecule has 0 bridgehead atoms. The summed E-state index contributed by atoms with van der Waals surface area (Å²) >= 11 is 5.92. The van der Waals surface area contributed by atoms with Crippen molar-refractivity contribution in [2.45, 2.75) is 25.4 Å². The normalized spacial score (nSPS) is 15.8. The van der Waals surface area contributed by atoms with Gasteiger partial charge in [-0.25, -0.2) is 0 Å². The topological polar surface area (TPSA) is 42.4 Å². The lowest BCUT2D eigenvalue weighted by Crippen LogP contribution is -2.39. The maximum Gasteiger partial charge on any atom is 0.229 e. The van der Waals surface area contributed by atoms with Gasteiger partial charge in [-0.3, -0.25) is 9.78 Å². The molecule has 3 aromatic rings. The zero-order chi connectivity index (χ0) is 19.5. The molecule has 1 unspecified atom stereocenters. The average Bonchev–Trinajstić information content (AvgIpc) is 2.74. The molecule has 1 amide bonds. The zero-order valence-corrected chi connectivity index (χ0v) is 16.4. The summed E-state index contributed by atoms with van der Waals surface area (Å²) in [6.07, 6.45) is 2.61. The van der Waals surface area contributed by atoms with Crippen molar-refractivity contribution in [1.82, 2.24) is 9.88 Å². The van der Waals surface area contributed by atoms with Crippen molar-refractivity contribution in [1.29, 1.82) is 0 Å². The Balaban J connectivity index is 1.66. The smallest absolute Gasteiger partial charge is 0.229 e. The van der Waals surface area contributed by atoms with Crippen molar-refractivity contribution < 1.29 is 9.53 Å². The largest absolute Gasteiger partial charge is 0.497 e. The van der Waals surface area contributed by atoms with Gasteiger partial charge in [0.25, 0.3) is 0 Å². The fourth-order valence-electron chi connectivity index (χ4n) is 3.69. The standard InChI is InChI=1S/C23H21ClN2O2/c1-28-21-10-7-17-12-22(16-5-3-2-4-6-16)26(15-18(17)11-21)23(27)13-20-9-8-19(24)14-25-20/h2-11,14,22H,12-13,15H2,1H3. The summed E-state index contributed by atoms with van der Waals surface area (Å²) in [7, 11) is 1.66. The van der Waals surface area contributed by atoms with Crippen LogP contribution >= 0.6 is 11.6 Å². The van der Waals surface area contributed by atoms with Gasteiger partial charge in [-0.2, -0.15) is 0 Å². The number of hydrogen-bond donors (Lipinski definition) is 0. The summed E-state index contributed by atoms with van der Waals surface area (Å²) < 4.78 is 5.37. The first kappa shape index (κ1) is 18.5. The van der Waals surface area contributed by atoms with E-state index in [9.17, 15) is 4.79 Å². The molecule has 1 aliphatic heterocycles. The van der Waals surface area contributed by atoms with Crippen molar-refractivity contribution in [2.24, 2.45) is 0 Å². The van der Waals surface area contributed by atoms with Crippen molar-refractivity contribution in [3.8, 4) is 5.75 Å². The fourth-order valence-corrected chi connectivity index (χ4v) is 3.80. The summed E-state index contributed by atoms with van der Waals surface area (Å²) in [4.78, 5) is 19.5. The highest BCUT2D eigenvalue weighted by Gasteiger charge is 2.31. The molecule has 0 saturated heterocycles. The van der Waals surface area contributed by atoms with Crippen LogP contribution in [-0.2, 0) is 24.2 Å². The number of fused-ring (bicyclic) bond motifs is 1. The molecule has 1 aliphatic rings. The predicted molar refractivity (Wildman–Crippen MR) is 109 cm³/mol. The maximum atomic E-state index is 13.2. The lowest BCUT2D eigenvalue weighted by atomic mass is 9.89. The summed E-state index contributed by atoms with van der Waals surface area (Å²) in [5, 5.41) is 0.567. The van der Waals surface area contributed by atoms with Crippen molar-refractivity contribution in [3.05, 3.63) is 94.3 Å². The number of rotatable bonds is 4. The van der Waals surface area contributed by atoms with E-state index in [1.807, 2.05) is 35.2 Å². The molecule has 0 radical (unpaired) electrons. The van der Waals surface area contributed by atoms with Crippen LogP contribution in [0.25, 0.3) is 0 Å². The molecule has 0 fully saturated rings. The van der Waals surface area contributed by atoms with E-state index < -0.39 is 0 Å². The van der Waals surface area contributed by atoms with Crippen molar-refractivity contribution >= 4 is 17.5 Å². The second-order valence-corrected chi connectivity index (χ2v) is 7.37. The predicted octanol–water partition coefficient (Wildman–Crippen LogP) is 4.61. The number of benzene rings is 2. The first-order valence-electron chi connectivity index (χ1n) is 9.24. The quantitative estimate of drug-likeness (QED) is 0.651. The Kier molecular flexibility index (Phi) is 5.31. The van der Waals surface area contributed by atoms with Crippen molar-refractivity contribution in [3.63, 3.8) is 0 Å². The third kappa shape index (κ3) is 3.87. The van der Waals surface area contributed by atoms with Crippen LogP contribution in [0.4, 0.5) is 0 Å². The Morgan fingerprint density at radius 3 is 2.68 bits per heavy atom. The highest BCUT2D eigenvalue weighted by Crippen LogP contribution is 2.35. The SMILES string of the molecule is COc1ccc2c(c1)CN(C(=O)Cc1ccc(Cl)cn1)C(c1ccccc1)C2. The molecular formula is C23H21ClN2O2. The van der Waals surface area contributed by atoms with Crippen LogP contribution in [0.5, 0.6) is 5.75 Å². The summed E-state index contributed by atoms with van der Waals surface area (Å²) in [5.74, 6) is 0.862. The molecule has 0 spiro atoms. The Bertz CT molecular complexity index is 974. The molecular weight excluding hydrogens is 372 g/mol. The first-order chi connectivity index (χ1) is 13.6. The number of nitrogens with zero attached hydrogens (tertiary/aromatic N) is 2. The first-order valence-corrected chi connectivity index (χ1v) is 9.62. The molecule has 0 aliphatic carbocycles. The number of amides is 1. The molecule has 2 aromatic carbocycles. The van der Waals surface area contributed by atoms with Gasteiger partial charge in [0.1, 0.15) is 5.75 Å². The minimum Gasteiger partial charge on any atom is -0.497 e. The summed E-state index contributed by atoms with van der Waals surface area (Å²) in [6, 6.07) is 19.9. The van der Waals surface area contributed by atoms with Gasteiger partial charge in [0, 0.05) is 18.4 Å². The van der Waals surface area contributed by atoms with Crippen molar-refractivity contribution in [2.75, 3.05) is 7.11 Å². The molecule has 1 aromatic heterocycles. The van der Waals surface area contributed by atoms with E-state index >= 15 is 0 Å². The van der Waals surface area contributed by atoms with E-state index in [0.29, 0.717) is 11.6 Å². The molecule has 4 nitrogen and oxygen atoms in total. The van der Waals surface area contributed by atoms with Gasteiger partial charge in [0.2, 0.25) is 5.91 Å². The third-order valence-electron chi connectivity index (χ3n) is 5.17. The number of pyridine rings is 1. The summed E-state index contributed by atoms with van der Waals surface area (Å²) in [5.41, 5.74) is 4.24. The minimum atomic E-state index is 0.00175. The Morgan fingerprint density at radius 2 is 1.96 bits per heavy atom. The number of methoxy groups -OCH3 is 1. The second-order valence-electron chi connectivity index (χ2n) is 6.93. The van der Waals surface area contributed by atoms with Gasteiger partial charge in [0.05, 0.1) is 24.6 Å². The van der Waals surface area contributed by atoms with Gasteiger partial charge < -0.3 is 9.64 Å². The number of ether oxygens (including phenoxy) is 1. The van der Waals surface area contributed by atoms with Crippen LogP contribution in [0.2, 0.25) is 5.02 Å². The molecule has 142 valence electrons. The number of aromatic nitrogens is 1. The van der Waals surface area contributed by atoms with Gasteiger partial charge in [-0.05, 0) is 47.4 Å². The van der Waals surface area contributed by atoms with Gasteiger partial charge in [-0.1, -0.05) is 48.0 Å². The number of halogens is 1. The minimum absolute atomic E-state index is 0.00175.